The van der Waals surface area contributed by atoms with Crippen molar-refractivity contribution < 1.29 is 14.6 Å². The van der Waals surface area contributed by atoms with E-state index in [1.54, 1.807) is 16.7 Å². The van der Waals surface area contributed by atoms with Crippen LogP contribution in [0.3, 0.4) is 0 Å². The number of phenolic OH excluding ortho intramolecular Hbond substituents is 1. The van der Waals surface area contributed by atoms with Crippen LogP contribution >= 0.6 is 0 Å². The van der Waals surface area contributed by atoms with Gasteiger partial charge in [0.05, 0.1) is 11.6 Å². The summed E-state index contributed by atoms with van der Waals surface area (Å²) in [5.41, 5.74) is 3.04. The summed E-state index contributed by atoms with van der Waals surface area (Å²) < 4.78 is 13.9. The largest absolute Gasteiger partial charge is 0.508 e. The van der Waals surface area contributed by atoms with Crippen molar-refractivity contribution in [1.29, 1.82) is 0 Å². The average molecular weight is 484 g/mol. The molecule has 0 aliphatic carbocycles. The first-order valence-corrected chi connectivity index (χ1v) is 13.2. The number of unbranched alkanes of at least 4 members (excludes halogenated alkanes) is 5. The van der Waals surface area contributed by atoms with Crippen molar-refractivity contribution in [2.24, 2.45) is 0 Å². The van der Waals surface area contributed by atoms with Crippen LogP contribution in [0.1, 0.15) is 92.9 Å². The number of phenols is 1. The SMILES string of the molecule is CCCCCCCCn1c(=O)c(OC(C)C)c(OC/C=C(\C)CCC=C(C)C)c2ccc(O)cc21. The van der Waals surface area contributed by atoms with E-state index in [0.717, 1.165) is 31.1 Å². The molecule has 35 heavy (non-hydrogen) atoms. The number of pyridine rings is 1. The lowest BCUT2D eigenvalue weighted by Crippen LogP contribution is -2.25. The maximum atomic E-state index is 13.6. The molecule has 5 heteroatoms. The third kappa shape index (κ3) is 9.12. The molecule has 1 aromatic heterocycles. The summed E-state index contributed by atoms with van der Waals surface area (Å²) in [7, 11) is 0. The molecule has 0 saturated carbocycles. The van der Waals surface area contributed by atoms with E-state index in [-0.39, 0.29) is 23.2 Å². The number of ether oxygens (including phenoxy) is 2. The van der Waals surface area contributed by atoms with Gasteiger partial charge in [0, 0.05) is 18.0 Å². The molecule has 0 atom stereocenters. The number of benzene rings is 1. The number of nitrogens with zero attached hydrogens (tertiary/aromatic N) is 1. The second-order valence-corrected chi connectivity index (χ2v) is 9.93. The zero-order valence-electron chi connectivity index (χ0n) is 22.7. The molecule has 2 aromatic rings. The summed E-state index contributed by atoms with van der Waals surface area (Å²) in [4.78, 5) is 13.6. The molecule has 1 heterocycles. The number of aromatic hydroxyl groups is 1. The fourth-order valence-electron chi connectivity index (χ4n) is 4.10. The summed E-state index contributed by atoms with van der Waals surface area (Å²) in [6, 6.07) is 5.10. The van der Waals surface area contributed by atoms with E-state index in [9.17, 15) is 9.90 Å². The Morgan fingerprint density at radius 3 is 2.43 bits per heavy atom. The highest BCUT2D eigenvalue weighted by atomic mass is 16.5. The van der Waals surface area contributed by atoms with Gasteiger partial charge < -0.3 is 19.1 Å². The Kier molecular flexibility index (Phi) is 11.9. The Bertz CT molecular complexity index is 1060. The molecule has 0 amide bonds. The van der Waals surface area contributed by atoms with Gasteiger partial charge in [-0.15, -0.1) is 0 Å². The number of rotatable bonds is 15. The quantitative estimate of drug-likeness (QED) is 0.206. The highest BCUT2D eigenvalue weighted by Gasteiger charge is 2.21. The predicted octanol–water partition coefficient (Wildman–Crippen LogP) is 7.93. The van der Waals surface area contributed by atoms with E-state index in [1.807, 2.05) is 19.9 Å². The van der Waals surface area contributed by atoms with E-state index in [1.165, 1.54) is 36.8 Å². The predicted molar refractivity (Wildman–Crippen MR) is 147 cm³/mol. The molecule has 5 nitrogen and oxygen atoms in total. The lowest BCUT2D eigenvalue weighted by Gasteiger charge is -2.20. The number of hydrogen-bond donors (Lipinski definition) is 1. The van der Waals surface area contributed by atoms with Crippen molar-refractivity contribution >= 4 is 10.9 Å². The van der Waals surface area contributed by atoms with Crippen molar-refractivity contribution in [3.05, 3.63) is 51.9 Å². The van der Waals surface area contributed by atoms with Crippen LogP contribution in [0, 0.1) is 0 Å². The Morgan fingerprint density at radius 2 is 1.74 bits per heavy atom. The first-order chi connectivity index (χ1) is 16.7. The minimum Gasteiger partial charge on any atom is -0.508 e. The summed E-state index contributed by atoms with van der Waals surface area (Å²) >= 11 is 0. The van der Waals surface area contributed by atoms with Gasteiger partial charge in [0.1, 0.15) is 12.4 Å². The van der Waals surface area contributed by atoms with E-state index in [0.29, 0.717) is 24.4 Å². The molecule has 0 aliphatic heterocycles. The second kappa shape index (κ2) is 14.7. The van der Waals surface area contributed by atoms with Crippen LogP contribution in [0.5, 0.6) is 17.2 Å². The second-order valence-electron chi connectivity index (χ2n) is 9.93. The van der Waals surface area contributed by atoms with Crippen LogP contribution in [-0.4, -0.2) is 22.4 Å². The maximum absolute atomic E-state index is 13.6. The fourth-order valence-corrected chi connectivity index (χ4v) is 4.10. The minimum atomic E-state index is -0.204. The Labute approximate surface area is 211 Å². The molecule has 0 saturated heterocycles. The Balaban J connectivity index is 2.36. The van der Waals surface area contributed by atoms with Crippen LogP contribution in [0.4, 0.5) is 0 Å². The zero-order chi connectivity index (χ0) is 25.8. The zero-order valence-corrected chi connectivity index (χ0v) is 22.7. The topological polar surface area (TPSA) is 60.7 Å². The monoisotopic (exact) mass is 483 g/mol. The van der Waals surface area contributed by atoms with Gasteiger partial charge in [0.15, 0.2) is 5.75 Å². The number of fused-ring (bicyclic) bond motifs is 1. The molecule has 0 spiro atoms. The number of allylic oxidation sites excluding steroid dienone is 3. The van der Waals surface area contributed by atoms with Crippen LogP contribution in [0.2, 0.25) is 0 Å². The number of aromatic nitrogens is 1. The molecule has 1 aromatic carbocycles. The Hall–Kier alpha value is -2.69. The highest BCUT2D eigenvalue weighted by molar-refractivity contribution is 5.89. The number of hydrogen-bond acceptors (Lipinski definition) is 4. The lowest BCUT2D eigenvalue weighted by molar-refractivity contribution is 0.222. The van der Waals surface area contributed by atoms with Gasteiger partial charge in [0.2, 0.25) is 5.75 Å². The molecular weight excluding hydrogens is 438 g/mol. The van der Waals surface area contributed by atoms with Gasteiger partial charge in [0.25, 0.3) is 5.56 Å². The van der Waals surface area contributed by atoms with Crippen molar-refractivity contribution in [3.8, 4) is 17.2 Å². The first kappa shape index (κ1) is 28.5. The van der Waals surface area contributed by atoms with Crippen molar-refractivity contribution in [2.75, 3.05) is 6.61 Å². The van der Waals surface area contributed by atoms with E-state index in [2.05, 4.69) is 39.8 Å². The van der Waals surface area contributed by atoms with Gasteiger partial charge in [-0.1, -0.05) is 56.3 Å². The molecule has 2 rings (SSSR count). The van der Waals surface area contributed by atoms with Crippen molar-refractivity contribution in [2.45, 2.75) is 106 Å². The van der Waals surface area contributed by atoms with Gasteiger partial charge in [-0.3, -0.25) is 4.79 Å². The Morgan fingerprint density at radius 1 is 1.03 bits per heavy atom. The lowest BCUT2D eigenvalue weighted by atomic mass is 10.1. The van der Waals surface area contributed by atoms with Crippen LogP contribution in [0.15, 0.2) is 46.3 Å². The van der Waals surface area contributed by atoms with Gasteiger partial charge >= 0.3 is 0 Å². The molecule has 0 aliphatic rings. The summed E-state index contributed by atoms with van der Waals surface area (Å²) in [6.07, 6.45) is 12.9. The third-order valence-electron chi connectivity index (χ3n) is 6.00. The number of aryl methyl sites for hydroxylation is 1. The summed E-state index contributed by atoms with van der Waals surface area (Å²) in [5, 5.41) is 11.0. The molecule has 0 bridgehead atoms. The molecule has 1 N–H and O–H groups in total. The summed E-state index contributed by atoms with van der Waals surface area (Å²) in [5.74, 6) is 0.832. The first-order valence-electron chi connectivity index (χ1n) is 13.2. The molecule has 194 valence electrons. The third-order valence-corrected chi connectivity index (χ3v) is 6.00. The van der Waals surface area contributed by atoms with Gasteiger partial charge in [-0.25, -0.2) is 0 Å². The van der Waals surface area contributed by atoms with Gasteiger partial charge in [-0.05, 0) is 72.1 Å². The maximum Gasteiger partial charge on any atom is 0.297 e. The van der Waals surface area contributed by atoms with E-state index >= 15 is 0 Å². The van der Waals surface area contributed by atoms with E-state index < -0.39 is 0 Å². The molecule has 0 fully saturated rings. The van der Waals surface area contributed by atoms with Crippen molar-refractivity contribution in [3.63, 3.8) is 0 Å². The highest BCUT2D eigenvalue weighted by Crippen LogP contribution is 2.35. The normalized spacial score (nSPS) is 11.8. The standard InChI is InChI=1S/C30H45NO4/c1-7-8-9-10-11-12-19-31-27-21-25(32)16-17-26(27)28(29(30(31)33)35-23(4)5)34-20-18-24(6)15-13-14-22(2)3/h14,16-18,21,23,32H,7-13,15,19-20H2,1-6H3/b24-18+. The smallest absolute Gasteiger partial charge is 0.297 e. The molecule has 0 radical (unpaired) electrons. The molecule has 0 unspecified atom stereocenters. The van der Waals surface area contributed by atoms with Crippen LogP contribution in [-0.2, 0) is 6.54 Å². The van der Waals surface area contributed by atoms with Crippen LogP contribution in [0.25, 0.3) is 10.9 Å². The van der Waals surface area contributed by atoms with E-state index in [4.69, 9.17) is 9.47 Å². The average Bonchev–Trinajstić information content (AvgIpc) is 2.79. The van der Waals surface area contributed by atoms with Crippen molar-refractivity contribution in [1.82, 2.24) is 4.57 Å². The molecular formula is C30H45NO4. The van der Waals surface area contributed by atoms with Gasteiger partial charge in [-0.2, -0.15) is 0 Å². The minimum absolute atomic E-state index is 0.132. The fraction of sp³-hybridized carbons (Fsp3) is 0.567. The summed E-state index contributed by atoms with van der Waals surface area (Å²) in [6.45, 7) is 13.3. The van der Waals surface area contributed by atoms with Crippen LogP contribution < -0.4 is 15.0 Å².